The van der Waals surface area contributed by atoms with E-state index in [0.29, 0.717) is 6.54 Å². The molecule has 1 aromatic rings. The number of aliphatic hydroxyl groups excluding tert-OH is 1. The molecule has 0 aromatic heterocycles. The van der Waals surface area contributed by atoms with Crippen LogP contribution < -0.4 is 10.1 Å². The summed E-state index contributed by atoms with van der Waals surface area (Å²) in [6.45, 7) is 4.66. The number of benzene rings is 1. The minimum absolute atomic E-state index is 0.196. The van der Waals surface area contributed by atoms with E-state index >= 15 is 0 Å². The van der Waals surface area contributed by atoms with Crippen LogP contribution in [0.2, 0.25) is 0 Å². The Morgan fingerprint density at radius 3 is 2.45 bits per heavy atom. The van der Waals surface area contributed by atoms with Crippen molar-refractivity contribution in [2.24, 2.45) is 5.92 Å². The number of nitrogens with one attached hydrogen (secondary N) is 1. The Balaban J connectivity index is 1.72. The van der Waals surface area contributed by atoms with E-state index in [2.05, 4.69) is 5.32 Å². The molecule has 1 atom stereocenters. The van der Waals surface area contributed by atoms with E-state index in [1.807, 2.05) is 38.1 Å². The van der Waals surface area contributed by atoms with Gasteiger partial charge in [-0.15, -0.1) is 0 Å². The summed E-state index contributed by atoms with van der Waals surface area (Å²) in [5.74, 6) is 1.62. The summed E-state index contributed by atoms with van der Waals surface area (Å²) in [7, 11) is 0. The van der Waals surface area contributed by atoms with Crippen molar-refractivity contribution in [2.75, 3.05) is 11.9 Å². The Kier molecular flexibility index (Phi) is 5.72. The first-order chi connectivity index (χ1) is 9.63. The Bertz CT molecular complexity index is 382. The standard InChI is InChI=1S/C17H27NO2/c1-13(2)20-17-9-7-15(8-10-17)18-12-16(19)11-14-5-3-4-6-14/h7-10,13-14,16,18-19H,3-6,11-12H2,1-2H3. The molecular weight excluding hydrogens is 250 g/mol. The molecule has 1 saturated carbocycles. The first kappa shape index (κ1) is 15.2. The molecule has 0 heterocycles. The number of hydrogen-bond donors (Lipinski definition) is 2. The van der Waals surface area contributed by atoms with Gasteiger partial charge in [0, 0.05) is 12.2 Å². The molecule has 1 fully saturated rings. The third-order valence-corrected chi connectivity index (χ3v) is 3.85. The summed E-state index contributed by atoms with van der Waals surface area (Å²) in [6.07, 6.45) is 6.13. The highest BCUT2D eigenvalue weighted by atomic mass is 16.5. The predicted molar refractivity (Wildman–Crippen MR) is 83.3 cm³/mol. The molecule has 2 rings (SSSR count). The molecular formula is C17H27NO2. The molecule has 0 bridgehead atoms. The highest BCUT2D eigenvalue weighted by molar-refractivity contribution is 5.46. The number of anilines is 1. The van der Waals surface area contributed by atoms with Gasteiger partial charge in [-0.1, -0.05) is 25.7 Å². The van der Waals surface area contributed by atoms with Gasteiger partial charge >= 0.3 is 0 Å². The normalized spacial score (nSPS) is 17.4. The lowest BCUT2D eigenvalue weighted by Crippen LogP contribution is -2.21. The first-order valence-corrected chi connectivity index (χ1v) is 7.82. The molecule has 0 amide bonds. The van der Waals surface area contributed by atoms with Gasteiger partial charge in [-0.25, -0.2) is 0 Å². The quantitative estimate of drug-likeness (QED) is 0.796. The fourth-order valence-corrected chi connectivity index (χ4v) is 2.87. The molecule has 20 heavy (non-hydrogen) atoms. The van der Waals surface area contributed by atoms with Crippen LogP contribution >= 0.6 is 0 Å². The number of rotatable bonds is 7. The van der Waals surface area contributed by atoms with E-state index in [1.54, 1.807) is 0 Å². The van der Waals surface area contributed by atoms with Crippen LogP contribution in [-0.2, 0) is 0 Å². The van der Waals surface area contributed by atoms with Crippen molar-refractivity contribution in [1.29, 1.82) is 0 Å². The van der Waals surface area contributed by atoms with Crippen molar-refractivity contribution < 1.29 is 9.84 Å². The van der Waals surface area contributed by atoms with Crippen molar-refractivity contribution in [3.8, 4) is 5.75 Å². The van der Waals surface area contributed by atoms with Crippen molar-refractivity contribution in [2.45, 2.75) is 58.2 Å². The maximum absolute atomic E-state index is 10.1. The van der Waals surface area contributed by atoms with Crippen molar-refractivity contribution in [3.63, 3.8) is 0 Å². The third kappa shape index (κ3) is 5.04. The molecule has 2 N–H and O–H groups in total. The monoisotopic (exact) mass is 277 g/mol. The highest BCUT2D eigenvalue weighted by Gasteiger charge is 2.18. The van der Waals surface area contributed by atoms with Gasteiger partial charge in [0.2, 0.25) is 0 Å². The minimum atomic E-state index is -0.246. The van der Waals surface area contributed by atoms with Crippen molar-refractivity contribution in [1.82, 2.24) is 0 Å². The van der Waals surface area contributed by atoms with E-state index in [0.717, 1.165) is 23.8 Å². The molecule has 0 saturated heterocycles. The second-order valence-corrected chi connectivity index (χ2v) is 6.11. The number of ether oxygens (including phenoxy) is 1. The lowest BCUT2D eigenvalue weighted by molar-refractivity contribution is 0.155. The van der Waals surface area contributed by atoms with Gasteiger partial charge in [0.25, 0.3) is 0 Å². The molecule has 1 unspecified atom stereocenters. The maximum Gasteiger partial charge on any atom is 0.119 e. The zero-order chi connectivity index (χ0) is 14.4. The number of hydrogen-bond acceptors (Lipinski definition) is 3. The number of aliphatic hydroxyl groups is 1. The van der Waals surface area contributed by atoms with Gasteiger partial charge in [0.05, 0.1) is 12.2 Å². The van der Waals surface area contributed by atoms with Crippen LogP contribution in [0.4, 0.5) is 5.69 Å². The van der Waals surface area contributed by atoms with Crippen LogP contribution in [0.1, 0.15) is 46.0 Å². The second-order valence-electron chi connectivity index (χ2n) is 6.11. The third-order valence-electron chi connectivity index (χ3n) is 3.85. The van der Waals surface area contributed by atoms with Crippen LogP contribution in [0.5, 0.6) is 5.75 Å². The Hall–Kier alpha value is -1.22. The van der Waals surface area contributed by atoms with Crippen LogP contribution in [-0.4, -0.2) is 23.9 Å². The topological polar surface area (TPSA) is 41.5 Å². The fourth-order valence-electron chi connectivity index (χ4n) is 2.87. The zero-order valence-electron chi connectivity index (χ0n) is 12.6. The average molecular weight is 277 g/mol. The van der Waals surface area contributed by atoms with Gasteiger partial charge < -0.3 is 15.2 Å². The van der Waals surface area contributed by atoms with Gasteiger partial charge in [-0.2, -0.15) is 0 Å². The van der Waals surface area contributed by atoms with Gasteiger partial charge in [-0.05, 0) is 50.5 Å². The zero-order valence-corrected chi connectivity index (χ0v) is 12.6. The van der Waals surface area contributed by atoms with E-state index < -0.39 is 0 Å². The Labute approximate surface area is 122 Å². The first-order valence-electron chi connectivity index (χ1n) is 7.82. The van der Waals surface area contributed by atoms with Gasteiger partial charge in [-0.3, -0.25) is 0 Å². The molecule has 112 valence electrons. The van der Waals surface area contributed by atoms with Gasteiger partial charge in [0.15, 0.2) is 0 Å². The molecule has 1 aromatic carbocycles. The average Bonchev–Trinajstić information content (AvgIpc) is 2.90. The minimum Gasteiger partial charge on any atom is -0.491 e. The van der Waals surface area contributed by atoms with Crippen LogP contribution in [0.15, 0.2) is 24.3 Å². The van der Waals surface area contributed by atoms with Crippen LogP contribution in [0.25, 0.3) is 0 Å². The second kappa shape index (κ2) is 7.53. The highest BCUT2D eigenvalue weighted by Crippen LogP contribution is 2.28. The summed E-state index contributed by atoms with van der Waals surface area (Å²) in [5.41, 5.74) is 1.03. The molecule has 3 nitrogen and oxygen atoms in total. The van der Waals surface area contributed by atoms with E-state index in [4.69, 9.17) is 4.74 Å². The van der Waals surface area contributed by atoms with E-state index in [9.17, 15) is 5.11 Å². The van der Waals surface area contributed by atoms with E-state index in [-0.39, 0.29) is 12.2 Å². The SMILES string of the molecule is CC(C)Oc1ccc(NCC(O)CC2CCCC2)cc1. The van der Waals surface area contributed by atoms with Crippen molar-refractivity contribution in [3.05, 3.63) is 24.3 Å². The predicted octanol–water partition coefficient (Wildman–Crippen LogP) is 3.83. The lowest BCUT2D eigenvalue weighted by atomic mass is 10.00. The van der Waals surface area contributed by atoms with E-state index in [1.165, 1.54) is 25.7 Å². The smallest absolute Gasteiger partial charge is 0.119 e. The summed E-state index contributed by atoms with van der Waals surface area (Å²) in [5, 5.41) is 13.4. The molecule has 1 aliphatic rings. The van der Waals surface area contributed by atoms with Gasteiger partial charge in [0.1, 0.15) is 5.75 Å². The molecule has 0 aliphatic heterocycles. The van der Waals surface area contributed by atoms with Crippen molar-refractivity contribution >= 4 is 5.69 Å². The summed E-state index contributed by atoms with van der Waals surface area (Å²) >= 11 is 0. The maximum atomic E-state index is 10.1. The van der Waals surface area contributed by atoms with Crippen LogP contribution in [0.3, 0.4) is 0 Å². The molecule has 1 aliphatic carbocycles. The largest absolute Gasteiger partial charge is 0.491 e. The molecule has 0 spiro atoms. The lowest BCUT2D eigenvalue weighted by Gasteiger charge is -2.17. The van der Waals surface area contributed by atoms with Crippen LogP contribution in [0, 0.1) is 5.92 Å². The Morgan fingerprint density at radius 1 is 1.20 bits per heavy atom. The molecule has 3 heteroatoms. The summed E-state index contributed by atoms with van der Waals surface area (Å²) in [6, 6.07) is 7.93. The summed E-state index contributed by atoms with van der Waals surface area (Å²) in [4.78, 5) is 0. The Morgan fingerprint density at radius 2 is 1.85 bits per heavy atom. The fraction of sp³-hybridized carbons (Fsp3) is 0.647. The molecule has 0 radical (unpaired) electrons. The summed E-state index contributed by atoms with van der Waals surface area (Å²) < 4.78 is 5.61.